The van der Waals surface area contributed by atoms with E-state index >= 15 is 0 Å². The third-order valence-corrected chi connectivity index (χ3v) is 3.90. The fourth-order valence-electron chi connectivity index (χ4n) is 2.70. The second kappa shape index (κ2) is 9.37. The van der Waals surface area contributed by atoms with Crippen LogP contribution in [0.4, 0.5) is 0 Å². The van der Waals surface area contributed by atoms with Crippen molar-refractivity contribution in [2.24, 2.45) is 4.99 Å². The summed E-state index contributed by atoms with van der Waals surface area (Å²) in [6, 6.07) is 12.2. The number of aryl methyl sites for hydroxylation is 2. The number of aliphatic imine (C=N–C) groups is 1. The lowest BCUT2D eigenvalue weighted by Gasteiger charge is -2.14. The number of aromatic amines is 1. The Morgan fingerprint density at radius 3 is 2.58 bits per heavy atom. The predicted molar refractivity (Wildman–Crippen MR) is 114 cm³/mol. The second-order valence-corrected chi connectivity index (χ2v) is 5.83. The zero-order valence-electron chi connectivity index (χ0n) is 15.2. The molecule has 0 spiro atoms. The topological polar surface area (TPSA) is 82.9 Å². The van der Waals surface area contributed by atoms with Gasteiger partial charge < -0.3 is 10.6 Å². The van der Waals surface area contributed by atoms with E-state index in [0.717, 1.165) is 34.3 Å². The van der Waals surface area contributed by atoms with Gasteiger partial charge >= 0.3 is 0 Å². The van der Waals surface area contributed by atoms with Crippen LogP contribution in [0, 0.1) is 13.8 Å². The molecule has 7 nitrogen and oxygen atoms in total. The summed E-state index contributed by atoms with van der Waals surface area (Å²) in [4.78, 5) is 4.26. The lowest BCUT2D eigenvalue weighted by Crippen LogP contribution is -2.36. The number of hydrogen-bond acceptors (Lipinski definition) is 3. The molecule has 3 rings (SSSR count). The Hall–Kier alpha value is -2.36. The number of H-pyrrole nitrogens is 1. The largest absolute Gasteiger partial charge is 0.352 e. The molecule has 0 unspecified atom stereocenters. The lowest BCUT2D eigenvalue weighted by molar-refractivity contribution is 0.772. The van der Waals surface area contributed by atoms with E-state index in [0.29, 0.717) is 13.1 Å². The summed E-state index contributed by atoms with van der Waals surface area (Å²) in [7, 11) is 1.76. The molecule has 0 aliphatic rings. The minimum Gasteiger partial charge on any atom is -0.352 e. The zero-order chi connectivity index (χ0) is 17.6. The lowest BCUT2D eigenvalue weighted by atomic mass is 10.1. The normalized spacial score (nSPS) is 11.1. The number of nitrogens with one attached hydrogen (secondary N) is 3. The van der Waals surface area contributed by atoms with Crippen LogP contribution in [-0.2, 0) is 13.1 Å². The zero-order valence-corrected chi connectivity index (χ0v) is 17.5. The fourth-order valence-corrected chi connectivity index (χ4v) is 2.70. The van der Waals surface area contributed by atoms with Gasteiger partial charge in [-0.25, -0.2) is 4.68 Å². The van der Waals surface area contributed by atoms with E-state index in [1.165, 1.54) is 0 Å². The van der Waals surface area contributed by atoms with Gasteiger partial charge in [0.1, 0.15) is 0 Å². The van der Waals surface area contributed by atoms with Crippen LogP contribution >= 0.6 is 24.0 Å². The molecule has 0 saturated heterocycles. The van der Waals surface area contributed by atoms with Gasteiger partial charge in [0.05, 0.1) is 23.6 Å². The van der Waals surface area contributed by atoms with Crippen molar-refractivity contribution in [3.8, 4) is 5.69 Å². The highest BCUT2D eigenvalue weighted by molar-refractivity contribution is 14.0. The molecule has 0 amide bonds. The number of hydrogen-bond donors (Lipinski definition) is 3. The van der Waals surface area contributed by atoms with Crippen molar-refractivity contribution < 1.29 is 0 Å². The molecule has 3 aromatic rings. The van der Waals surface area contributed by atoms with Crippen molar-refractivity contribution in [3.05, 3.63) is 65.2 Å². The van der Waals surface area contributed by atoms with Gasteiger partial charge in [-0.2, -0.15) is 10.2 Å². The first-order valence-corrected chi connectivity index (χ1v) is 8.21. The van der Waals surface area contributed by atoms with Gasteiger partial charge in [0.2, 0.25) is 0 Å². The van der Waals surface area contributed by atoms with Gasteiger partial charge in [0, 0.05) is 25.5 Å². The molecule has 1 aromatic carbocycles. The Morgan fingerprint density at radius 1 is 1.15 bits per heavy atom. The Kier molecular flexibility index (Phi) is 7.19. The van der Waals surface area contributed by atoms with Crippen LogP contribution < -0.4 is 10.6 Å². The minimum atomic E-state index is 0. The van der Waals surface area contributed by atoms with Crippen LogP contribution in [0.1, 0.15) is 22.6 Å². The van der Waals surface area contributed by atoms with Crippen LogP contribution in [0.25, 0.3) is 5.69 Å². The Balaban J connectivity index is 0.00000243. The summed E-state index contributed by atoms with van der Waals surface area (Å²) in [5.41, 5.74) is 5.36. The molecule has 0 radical (unpaired) electrons. The van der Waals surface area contributed by atoms with Crippen LogP contribution in [0.15, 0.2) is 47.6 Å². The molecule has 2 aromatic heterocycles. The smallest absolute Gasteiger partial charge is 0.191 e. The fraction of sp³-hybridized carbons (Fsp3) is 0.278. The van der Waals surface area contributed by atoms with E-state index in [-0.39, 0.29) is 24.0 Å². The molecule has 0 aliphatic carbocycles. The quantitative estimate of drug-likeness (QED) is 0.308. The monoisotopic (exact) mass is 465 g/mol. The summed E-state index contributed by atoms with van der Waals surface area (Å²) >= 11 is 0. The van der Waals surface area contributed by atoms with Crippen LogP contribution in [0.5, 0.6) is 0 Å². The summed E-state index contributed by atoms with van der Waals surface area (Å²) in [6.07, 6.45) is 1.73. The van der Waals surface area contributed by atoms with Crippen molar-refractivity contribution >= 4 is 29.9 Å². The highest BCUT2D eigenvalue weighted by atomic mass is 127. The number of guanidine groups is 1. The first-order chi connectivity index (χ1) is 12.2. The number of para-hydroxylation sites is 1. The van der Waals surface area contributed by atoms with Gasteiger partial charge in [-0.3, -0.25) is 10.1 Å². The second-order valence-electron chi connectivity index (χ2n) is 5.83. The molecule has 0 fully saturated rings. The van der Waals surface area contributed by atoms with Crippen molar-refractivity contribution in [1.29, 1.82) is 0 Å². The maximum absolute atomic E-state index is 4.59. The Labute approximate surface area is 170 Å². The number of halogens is 1. The predicted octanol–water partition coefficient (Wildman–Crippen LogP) is 2.70. The third-order valence-electron chi connectivity index (χ3n) is 3.90. The highest BCUT2D eigenvalue weighted by Crippen LogP contribution is 2.16. The number of benzene rings is 1. The van der Waals surface area contributed by atoms with E-state index in [4.69, 9.17) is 0 Å². The maximum Gasteiger partial charge on any atom is 0.191 e. The van der Waals surface area contributed by atoms with Crippen molar-refractivity contribution in [2.75, 3.05) is 7.05 Å². The number of aromatic nitrogens is 4. The van der Waals surface area contributed by atoms with Gasteiger partial charge in [-0.15, -0.1) is 24.0 Å². The summed E-state index contributed by atoms with van der Waals surface area (Å²) in [5.74, 6) is 0.734. The van der Waals surface area contributed by atoms with Gasteiger partial charge in [0.15, 0.2) is 5.96 Å². The summed E-state index contributed by atoms with van der Waals surface area (Å²) < 4.78 is 1.98. The van der Waals surface area contributed by atoms with Crippen LogP contribution in [0.2, 0.25) is 0 Å². The van der Waals surface area contributed by atoms with E-state index in [1.807, 2.05) is 29.8 Å². The van der Waals surface area contributed by atoms with E-state index in [1.54, 1.807) is 13.2 Å². The average molecular weight is 465 g/mol. The molecule has 2 heterocycles. The van der Waals surface area contributed by atoms with Crippen molar-refractivity contribution in [3.63, 3.8) is 0 Å². The minimum absolute atomic E-state index is 0. The molecule has 138 valence electrons. The molecule has 0 aliphatic heterocycles. The Bertz CT molecular complexity index is 852. The molecule has 0 atom stereocenters. The molecular weight excluding hydrogens is 441 g/mol. The third kappa shape index (κ3) is 4.84. The van der Waals surface area contributed by atoms with Crippen LogP contribution in [-0.4, -0.2) is 33.0 Å². The standard InChI is InChI=1S/C18H23N7.HI/c1-13-10-14(2)25(24-13)17-7-5-4-6-15(17)11-20-18(19-3)21-12-16-8-9-22-23-16;/h4-10H,11-12H2,1-3H3,(H,22,23)(H2,19,20,21);1H. The number of rotatable bonds is 5. The maximum atomic E-state index is 4.59. The van der Waals surface area contributed by atoms with Gasteiger partial charge in [-0.1, -0.05) is 18.2 Å². The molecule has 3 N–H and O–H groups in total. The van der Waals surface area contributed by atoms with E-state index in [9.17, 15) is 0 Å². The van der Waals surface area contributed by atoms with Gasteiger partial charge in [-0.05, 0) is 37.6 Å². The SMILES string of the molecule is CN=C(NCc1ccn[nH]1)NCc1ccccc1-n1nc(C)cc1C.I. The Morgan fingerprint density at radius 2 is 1.92 bits per heavy atom. The molecular formula is C18H24IN7. The summed E-state index contributed by atoms with van der Waals surface area (Å²) in [6.45, 7) is 5.36. The molecule has 8 heteroatoms. The van der Waals surface area contributed by atoms with Crippen LogP contribution in [0.3, 0.4) is 0 Å². The first kappa shape index (κ1) is 20.0. The highest BCUT2D eigenvalue weighted by Gasteiger charge is 2.09. The molecule has 0 bridgehead atoms. The van der Waals surface area contributed by atoms with E-state index < -0.39 is 0 Å². The average Bonchev–Trinajstić information content (AvgIpc) is 3.24. The first-order valence-electron chi connectivity index (χ1n) is 8.21. The molecule has 0 saturated carbocycles. The molecule has 26 heavy (non-hydrogen) atoms. The summed E-state index contributed by atoms with van der Waals surface area (Å²) in [5, 5.41) is 18.1. The van der Waals surface area contributed by atoms with Gasteiger partial charge in [0.25, 0.3) is 0 Å². The van der Waals surface area contributed by atoms with Crippen molar-refractivity contribution in [2.45, 2.75) is 26.9 Å². The number of nitrogens with zero attached hydrogens (tertiary/aromatic N) is 4. The van der Waals surface area contributed by atoms with E-state index in [2.05, 4.69) is 56.0 Å². The van der Waals surface area contributed by atoms with Crippen molar-refractivity contribution in [1.82, 2.24) is 30.6 Å².